The molecule has 1 heterocycles. The molecule has 2 N–H and O–H groups in total. The van der Waals surface area contributed by atoms with Gasteiger partial charge in [0, 0.05) is 19.6 Å². The van der Waals surface area contributed by atoms with E-state index in [0.717, 1.165) is 19.4 Å². The Labute approximate surface area is 91.3 Å². The summed E-state index contributed by atoms with van der Waals surface area (Å²) in [5, 5.41) is 8.69. The number of nitrogens with two attached hydrogens (primary N) is 1. The summed E-state index contributed by atoms with van der Waals surface area (Å²) in [5.41, 5.74) is 4.89. The van der Waals surface area contributed by atoms with Crippen molar-refractivity contribution in [3.63, 3.8) is 0 Å². The van der Waals surface area contributed by atoms with E-state index in [1.807, 2.05) is 6.07 Å². The van der Waals surface area contributed by atoms with Gasteiger partial charge in [0.25, 0.3) is 0 Å². The molecule has 1 rings (SSSR count). The summed E-state index contributed by atoms with van der Waals surface area (Å²) in [7, 11) is 0. The standard InChI is InChI=1S/C11H20N2O2/c1-11(13,9-12)5-7-14-8-10-4-2-3-6-15-10/h10H,2-8,13H2,1H3. The summed E-state index contributed by atoms with van der Waals surface area (Å²) in [6.07, 6.45) is 4.27. The number of nitrogens with zero attached hydrogens (tertiary/aromatic N) is 1. The zero-order valence-electron chi connectivity index (χ0n) is 9.37. The van der Waals surface area contributed by atoms with Gasteiger partial charge < -0.3 is 15.2 Å². The maximum atomic E-state index is 8.69. The fraction of sp³-hybridized carbons (Fsp3) is 0.909. The highest BCUT2D eigenvalue weighted by Crippen LogP contribution is 2.13. The Morgan fingerprint density at radius 2 is 2.40 bits per heavy atom. The van der Waals surface area contributed by atoms with Gasteiger partial charge in [-0.3, -0.25) is 0 Å². The van der Waals surface area contributed by atoms with E-state index in [0.29, 0.717) is 19.6 Å². The summed E-state index contributed by atoms with van der Waals surface area (Å²) in [6.45, 7) is 3.72. The maximum Gasteiger partial charge on any atom is 0.103 e. The van der Waals surface area contributed by atoms with E-state index in [-0.39, 0.29) is 6.10 Å². The van der Waals surface area contributed by atoms with Crippen molar-refractivity contribution in [2.24, 2.45) is 5.73 Å². The Morgan fingerprint density at radius 3 is 3.00 bits per heavy atom. The highest BCUT2D eigenvalue weighted by Gasteiger charge is 2.18. The molecule has 0 amide bonds. The monoisotopic (exact) mass is 212 g/mol. The molecule has 1 saturated heterocycles. The van der Waals surface area contributed by atoms with Crippen LogP contribution in [0.25, 0.3) is 0 Å². The lowest BCUT2D eigenvalue weighted by Gasteiger charge is -2.23. The first-order valence-corrected chi connectivity index (χ1v) is 5.53. The minimum absolute atomic E-state index is 0.241. The molecule has 86 valence electrons. The first kappa shape index (κ1) is 12.4. The lowest BCUT2D eigenvalue weighted by molar-refractivity contribution is -0.0420. The van der Waals surface area contributed by atoms with Crippen LogP contribution in [0.3, 0.4) is 0 Å². The smallest absolute Gasteiger partial charge is 0.103 e. The van der Waals surface area contributed by atoms with Crippen molar-refractivity contribution in [3.8, 4) is 6.07 Å². The third kappa shape index (κ3) is 5.12. The lowest BCUT2D eigenvalue weighted by Crippen LogP contribution is -2.36. The maximum absolute atomic E-state index is 8.69. The largest absolute Gasteiger partial charge is 0.379 e. The lowest BCUT2D eigenvalue weighted by atomic mass is 10.0. The van der Waals surface area contributed by atoms with E-state index < -0.39 is 5.54 Å². The molecule has 1 fully saturated rings. The van der Waals surface area contributed by atoms with Gasteiger partial charge in [-0.1, -0.05) is 0 Å². The summed E-state index contributed by atoms with van der Waals surface area (Å²) in [5.74, 6) is 0. The Morgan fingerprint density at radius 1 is 1.60 bits per heavy atom. The van der Waals surface area contributed by atoms with Crippen molar-refractivity contribution < 1.29 is 9.47 Å². The molecule has 0 aliphatic carbocycles. The normalized spacial score (nSPS) is 25.5. The summed E-state index contributed by atoms with van der Waals surface area (Å²) in [4.78, 5) is 0. The number of hydrogen-bond donors (Lipinski definition) is 1. The van der Waals surface area contributed by atoms with Gasteiger partial charge in [-0.2, -0.15) is 5.26 Å². The molecule has 0 spiro atoms. The SMILES string of the molecule is CC(N)(C#N)CCOCC1CCCCO1. The molecule has 1 aliphatic heterocycles. The second-order valence-electron chi connectivity index (χ2n) is 4.34. The molecule has 0 aromatic rings. The fourth-order valence-electron chi connectivity index (χ4n) is 1.49. The summed E-state index contributed by atoms with van der Waals surface area (Å²) < 4.78 is 11.0. The van der Waals surface area contributed by atoms with Gasteiger partial charge in [0.2, 0.25) is 0 Å². The summed E-state index contributed by atoms with van der Waals surface area (Å²) in [6, 6.07) is 2.05. The Bertz CT molecular complexity index is 217. The molecule has 0 saturated carbocycles. The molecule has 15 heavy (non-hydrogen) atoms. The third-order valence-electron chi connectivity index (χ3n) is 2.60. The first-order chi connectivity index (χ1) is 7.14. The van der Waals surface area contributed by atoms with Crippen LogP contribution in [0.2, 0.25) is 0 Å². The summed E-state index contributed by atoms with van der Waals surface area (Å²) >= 11 is 0. The Kier molecular flexibility index (Phi) is 5.03. The zero-order chi connectivity index (χ0) is 11.1. The van der Waals surface area contributed by atoms with Crippen LogP contribution in [-0.2, 0) is 9.47 Å². The quantitative estimate of drug-likeness (QED) is 0.695. The minimum Gasteiger partial charge on any atom is -0.379 e. The average molecular weight is 212 g/mol. The average Bonchev–Trinajstić information content (AvgIpc) is 2.26. The topological polar surface area (TPSA) is 68.3 Å². The molecule has 2 atom stereocenters. The highest BCUT2D eigenvalue weighted by molar-refractivity contribution is 5.00. The molecule has 2 unspecified atom stereocenters. The van der Waals surface area contributed by atoms with Gasteiger partial charge in [0.1, 0.15) is 5.54 Å². The Balaban J connectivity index is 2.04. The predicted octanol–water partition coefficient (Wildman–Crippen LogP) is 1.20. The van der Waals surface area contributed by atoms with Crippen molar-refractivity contribution >= 4 is 0 Å². The number of rotatable bonds is 5. The Hall–Kier alpha value is -0.630. The van der Waals surface area contributed by atoms with Gasteiger partial charge in [-0.15, -0.1) is 0 Å². The van der Waals surface area contributed by atoms with Crippen LogP contribution in [0.4, 0.5) is 0 Å². The van der Waals surface area contributed by atoms with Crippen molar-refractivity contribution in [2.75, 3.05) is 19.8 Å². The minimum atomic E-state index is -0.770. The second-order valence-corrected chi connectivity index (χ2v) is 4.34. The van der Waals surface area contributed by atoms with Gasteiger partial charge in [0.15, 0.2) is 0 Å². The van der Waals surface area contributed by atoms with Crippen LogP contribution < -0.4 is 5.73 Å². The van der Waals surface area contributed by atoms with Crippen LogP contribution in [0, 0.1) is 11.3 Å². The first-order valence-electron chi connectivity index (χ1n) is 5.53. The molecular weight excluding hydrogens is 192 g/mol. The molecule has 4 heteroatoms. The van der Waals surface area contributed by atoms with E-state index in [1.54, 1.807) is 6.92 Å². The van der Waals surface area contributed by atoms with Crippen LogP contribution in [0.1, 0.15) is 32.6 Å². The second kappa shape index (κ2) is 6.06. The fourth-order valence-corrected chi connectivity index (χ4v) is 1.49. The molecule has 1 aliphatic rings. The highest BCUT2D eigenvalue weighted by atomic mass is 16.5. The van der Waals surface area contributed by atoms with Crippen LogP contribution in [0.5, 0.6) is 0 Å². The molecule has 0 bridgehead atoms. The van der Waals surface area contributed by atoms with E-state index in [9.17, 15) is 0 Å². The van der Waals surface area contributed by atoms with E-state index in [4.69, 9.17) is 20.5 Å². The van der Waals surface area contributed by atoms with Gasteiger partial charge in [0.05, 0.1) is 18.8 Å². The molecule has 0 radical (unpaired) electrons. The van der Waals surface area contributed by atoms with Crippen molar-refractivity contribution in [1.82, 2.24) is 0 Å². The number of hydrogen-bond acceptors (Lipinski definition) is 4. The third-order valence-corrected chi connectivity index (χ3v) is 2.60. The van der Waals surface area contributed by atoms with Crippen LogP contribution >= 0.6 is 0 Å². The predicted molar refractivity (Wildman–Crippen MR) is 57.2 cm³/mol. The van der Waals surface area contributed by atoms with Gasteiger partial charge in [-0.25, -0.2) is 0 Å². The number of ether oxygens (including phenoxy) is 2. The molecule has 0 aromatic carbocycles. The van der Waals surface area contributed by atoms with Gasteiger partial charge >= 0.3 is 0 Å². The molecular formula is C11H20N2O2. The van der Waals surface area contributed by atoms with Crippen molar-refractivity contribution in [1.29, 1.82) is 5.26 Å². The molecule has 0 aromatic heterocycles. The van der Waals surface area contributed by atoms with Gasteiger partial charge in [-0.05, 0) is 26.2 Å². The van der Waals surface area contributed by atoms with Crippen molar-refractivity contribution in [3.05, 3.63) is 0 Å². The van der Waals surface area contributed by atoms with E-state index in [1.165, 1.54) is 6.42 Å². The molecule has 4 nitrogen and oxygen atoms in total. The zero-order valence-corrected chi connectivity index (χ0v) is 9.37. The van der Waals surface area contributed by atoms with Crippen LogP contribution in [-0.4, -0.2) is 31.5 Å². The number of nitriles is 1. The van der Waals surface area contributed by atoms with Crippen LogP contribution in [0.15, 0.2) is 0 Å². The van der Waals surface area contributed by atoms with E-state index >= 15 is 0 Å². The van der Waals surface area contributed by atoms with Crippen molar-refractivity contribution in [2.45, 2.75) is 44.2 Å². The van der Waals surface area contributed by atoms with E-state index in [2.05, 4.69) is 0 Å².